The molecule has 9 heteroatoms. The molecule has 1 rings (SSSR count). The van der Waals surface area contributed by atoms with E-state index in [1.165, 1.54) is 13.8 Å². The normalized spacial score (nSPS) is 13.1. The fourth-order valence-electron chi connectivity index (χ4n) is 1.07. The topological polar surface area (TPSA) is 76.1 Å². The second-order valence-corrected chi connectivity index (χ2v) is 7.23. The van der Waals surface area contributed by atoms with Crippen LogP contribution in [0.2, 0.25) is 0 Å². The zero-order chi connectivity index (χ0) is 15.8. The second-order valence-electron chi connectivity index (χ2n) is 4.67. The number of halogens is 3. The predicted molar refractivity (Wildman–Crippen MR) is 66.8 cm³/mol. The maximum absolute atomic E-state index is 12.3. The van der Waals surface area contributed by atoms with Gasteiger partial charge in [0.15, 0.2) is 9.84 Å². The molecule has 0 aliphatic heterocycles. The average molecular weight is 310 g/mol. The number of carbonyl (C=O) groups is 1. The highest BCUT2D eigenvalue weighted by molar-refractivity contribution is 7.92. The van der Waals surface area contributed by atoms with Gasteiger partial charge in [-0.2, -0.15) is 13.2 Å². The minimum Gasteiger partial charge on any atom is -0.309 e. The number of alkyl halides is 3. The summed E-state index contributed by atoms with van der Waals surface area (Å²) in [4.78, 5) is 15.2. The summed E-state index contributed by atoms with van der Waals surface area (Å²) in [5.74, 6) is -1.02. The Morgan fingerprint density at radius 2 is 1.80 bits per heavy atom. The van der Waals surface area contributed by atoms with Gasteiger partial charge in [0, 0.05) is 12.5 Å². The number of nitrogens with one attached hydrogen (secondary N) is 1. The van der Waals surface area contributed by atoms with E-state index >= 15 is 0 Å². The van der Waals surface area contributed by atoms with Crippen molar-refractivity contribution in [3.05, 3.63) is 23.9 Å². The first-order valence-electron chi connectivity index (χ1n) is 5.40. The maximum Gasteiger partial charge on any atom is 0.417 e. The fraction of sp³-hybridized carbons (Fsp3) is 0.455. The minimum absolute atomic E-state index is 0.153. The standard InChI is InChI=1S/C11H13F3N2O3S/c1-10(2,20(3,18)19)9(17)16-8-5-4-7(6-15-8)11(12,13)14/h4-6H,1-3H3,(H,15,16,17). The molecule has 112 valence electrons. The van der Waals surface area contributed by atoms with Crippen molar-refractivity contribution < 1.29 is 26.4 Å². The first-order valence-corrected chi connectivity index (χ1v) is 7.29. The van der Waals surface area contributed by atoms with E-state index in [9.17, 15) is 26.4 Å². The summed E-state index contributed by atoms with van der Waals surface area (Å²) < 4.78 is 58.1. The quantitative estimate of drug-likeness (QED) is 0.924. The molecule has 0 unspecified atom stereocenters. The summed E-state index contributed by atoms with van der Waals surface area (Å²) >= 11 is 0. The maximum atomic E-state index is 12.3. The lowest BCUT2D eigenvalue weighted by atomic mass is 10.2. The van der Waals surface area contributed by atoms with Crippen molar-refractivity contribution >= 4 is 21.6 Å². The van der Waals surface area contributed by atoms with Crippen molar-refractivity contribution in [2.45, 2.75) is 24.8 Å². The second kappa shape index (κ2) is 5.04. The molecule has 0 aliphatic rings. The number of nitrogens with zero attached hydrogens (tertiary/aromatic N) is 1. The van der Waals surface area contributed by atoms with Gasteiger partial charge < -0.3 is 5.32 Å². The summed E-state index contributed by atoms with van der Waals surface area (Å²) in [6, 6.07) is 1.70. The van der Waals surface area contributed by atoms with E-state index in [0.717, 1.165) is 18.4 Å². The van der Waals surface area contributed by atoms with Crippen LogP contribution in [0.5, 0.6) is 0 Å². The number of rotatable bonds is 3. The fourth-order valence-corrected chi connectivity index (χ4v) is 1.46. The van der Waals surface area contributed by atoms with Crippen LogP contribution in [-0.2, 0) is 20.8 Å². The summed E-state index contributed by atoms with van der Waals surface area (Å²) in [5, 5.41) is 2.17. The Morgan fingerprint density at radius 3 is 2.15 bits per heavy atom. The third kappa shape index (κ3) is 3.47. The van der Waals surface area contributed by atoms with E-state index in [-0.39, 0.29) is 5.82 Å². The molecule has 1 amide bonds. The van der Waals surface area contributed by atoms with Crippen LogP contribution in [-0.4, -0.2) is 30.3 Å². The van der Waals surface area contributed by atoms with Crippen LogP contribution >= 0.6 is 0 Å². The molecule has 0 atom stereocenters. The van der Waals surface area contributed by atoms with Gasteiger partial charge in [0.25, 0.3) is 0 Å². The Hall–Kier alpha value is -1.64. The summed E-state index contributed by atoms with van der Waals surface area (Å²) in [6.45, 7) is 2.39. The predicted octanol–water partition coefficient (Wildman–Crippen LogP) is 1.86. The molecule has 0 saturated carbocycles. The monoisotopic (exact) mass is 310 g/mol. The summed E-state index contributed by atoms with van der Waals surface area (Å²) in [5.41, 5.74) is -0.960. The smallest absolute Gasteiger partial charge is 0.309 e. The molecule has 1 heterocycles. The van der Waals surface area contributed by atoms with Crippen molar-refractivity contribution in [3.63, 3.8) is 0 Å². The van der Waals surface area contributed by atoms with Gasteiger partial charge in [-0.05, 0) is 26.0 Å². The molecule has 0 saturated heterocycles. The Labute approximate surface area is 114 Å². The third-order valence-corrected chi connectivity index (χ3v) is 4.85. The third-order valence-electron chi connectivity index (χ3n) is 2.81. The van der Waals surface area contributed by atoms with Gasteiger partial charge in [-0.15, -0.1) is 0 Å². The van der Waals surface area contributed by atoms with Gasteiger partial charge in [-0.25, -0.2) is 13.4 Å². The largest absolute Gasteiger partial charge is 0.417 e. The van der Waals surface area contributed by atoms with E-state index in [1.807, 2.05) is 0 Å². The lowest BCUT2D eigenvalue weighted by molar-refractivity contribution is -0.137. The van der Waals surface area contributed by atoms with Gasteiger partial charge in [-0.1, -0.05) is 0 Å². The van der Waals surface area contributed by atoms with Crippen LogP contribution < -0.4 is 5.32 Å². The van der Waals surface area contributed by atoms with Crippen LogP contribution in [0.4, 0.5) is 19.0 Å². The Kier molecular flexibility index (Phi) is 4.14. The van der Waals surface area contributed by atoms with E-state index in [4.69, 9.17) is 0 Å². The molecule has 0 spiro atoms. The molecule has 0 fully saturated rings. The number of sulfone groups is 1. The average Bonchev–Trinajstić information content (AvgIpc) is 2.26. The van der Waals surface area contributed by atoms with Gasteiger partial charge in [0.2, 0.25) is 5.91 Å². The highest BCUT2D eigenvalue weighted by Crippen LogP contribution is 2.29. The van der Waals surface area contributed by atoms with Crippen LogP contribution in [0.25, 0.3) is 0 Å². The van der Waals surface area contributed by atoms with Crippen molar-refractivity contribution in [1.29, 1.82) is 0 Å². The van der Waals surface area contributed by atoms with E-state index in [1.54, 1.807) is 0 Å². The molecular formula is C11H13F3N2O3S. The number of hydrogen-bond acceptors (Lipinski definition) is 4. The zero-order valence-corrected chi connectivity index (χ0v) is 11.8. The minimum atomic E-state index is -4.53. The molecule has 20 heavy (non-hydrogen) atoms. The first kappa shape index (κ1) is 16.4. The Bertz CT molecular complexity index is 607. The molecule has 0 radical (unpaired) electrons. The molecular weight excluding hydrogens is 297 g/mol. The Balaban J connectivity index is 2.93. The number of pyridine rings is 1. The number of amides is 1. The molecule has 0 bridgehead atoms. The zero-order valence-electron chi connectivity index (χ0n) is 10.9. The molecule has 1 aromatic rings. The van der Waals surface area contributed by atoms with Gasteiger partial charge in [0.1, 0.15) is 10.6 Å². The highest BCUT2D eigenvalue weighted by Gasteiger charge is 2.38. The van der Waals surface area contributed by atoms with Crippen molar-refractivity contribution in [1.82, 2.24) is 4.98 Å². The van der Waals surface area contributed by atoms with Crippen LogP contribution in [0.15, 0.2) is 18.3 Å². The van der Waals surface area contributed by atoms with E-state index in [0.29, 0.717) is 6.20 Å². The summed E-state index contributed by atoms with van der Waals surface area (Å²) in [6.07, 6.45) is -3.07. The first-order chi connectivity index (χ1) is 8.85. The highest BCUT2D eigenvalue weighted by atomic mass is 32.2. The van der Waals surface area contributed by atoms with Gasteiger partial charge in [-0.3, -0.25) is 4.79 Å². The van der Waals surface area contributed by atoms with E-state index in [2.05, 4.69) is 10.3 Å². The number of aromatic nitrogens is 1. The van der Waals surface area contributed by atoms with Crippen LogP contribution in [0.1, 0.15) is 19.4 Å². The number of hydrogen-bond donors (Lipinski definition) is 1. The molecule has 1 aromatic heterocycles. The van der Waals surface area contributed by atoms with Crippen molar-refractivity contribution in [3.8, 4) is 0 Å². The molecule has 0 aliphatic carbocycles. The molecule has 1 N–H and O–H groups in total. The van der Waals surface area contributed by atoms with Gasteiger partial charge in [0.05, 0.1) is 5.56 Å². The summed E-state index contributed by atoms with van der Waals surface area (Å²) in [7, 11) is -3.67. The Morgan fingerprint density at radius 1 is 1.25 bits per heavy atom. The number of carbonyl (C=O) groups excluding carboxylic acids is 1. The van der Waals surface area contributed by atoms with Crippen molar-refractivity contribution in [2.24, 2.45) is 0 Å². The van der Waals surface area contributed by atoms with Crippen LogP contribution in [0, 0.1) is 0 Å². The van der Waals surface area contributed by atoms with Crippen LogP contribution in [0.3, 0.4) is 0 Å². The molecule has 0 aromatic carbocycles. The number of anilines is 1. The van der Waals surface area contributed by atoms with Gasteiger partial charge >= 0.3 is 6.18 Å². The SMILES string of the molecule is CC(C)(C(=O)Nc1ccc(C(F)(F)F)cn1)S(C)(=O)=O. The van der Waals surface area contributed by atoms with Crippen molar-refractivity contribution in [2.75, 3.05) is 11.6 Å². The van der Waals surface area contributed by atoms with E-state index < -0.39 is 32.2 Å². The lowest BCUT2D eigenvalue weighted by Crippen LogP contribution is -2.44. The molecule has 5 nitrogen and oxygen atoms in total. The lowest BCUT2D eigenvalue weighted by Gasteiger charge is -2.21.